The summed E-state index contributed by atoms with van der Waals surface area (Å²) in [6.07, 6.45) is 6.40. The molecular weight excluding hydrogens is 340 g/mol. The molecule has 0 radical (unpaired) electrons. The Morgan fingerprint density at radius 1 is 1.19 bits per heavy atom. The third-order valence-corrected chi connectivity index (χ3v) is 6.77. The van der Waals surface area contributed by atoms with Gasteiger partial charge in [0.25, 0.3) is 0 Å². The van der Waals surface area contributed by atoms with Gasteiger partial charge >= 0.3 is 6.03 Å². The summed E-state index contributed by atoms with van der Waals surface area (Å²) in [7, 11) is 0. The molecule has 2 bridgehead atoms. The molecule has 3 amide bonds. The summed E-state index contributed by atoms with van der Waals surface area (Å²) < 4.78 is 0. The number of amides is 3. The van der Waals surface area contributed by atoms with Crippen LogP contribution in [0.3, 0.4) is 0 Å². The second kappa shape index (κ2) is 7.06. The molecule has 146 valence electrons. The second-order valence-electron chi connectivity index (χ2n) is 8.61. The van der Waals surface area contributed by atoms with Crippen LogP contribution in [0.15, 0.2) is 24.3 Å². The normalized spacial score (nSPS) is 29.8. The van der Waals surface area contributed by atoms with Crippen LogP contribution in [0.25, 0.3) is 0 Å². The average Bonchev–Trinajstić information content (AvgIpc) is 3.19. The Bertz CT molecular complexity index is 709. The fourth-order valence-electron chi connectivity index (χ4n) is 5.11. The molecule has 0 spiro atoms. The van der Waals surface area contributed by atoms with Crippen LogP contribution in [0.1, 0.15) is 51.0 Å². The zero-order valence-electron chi connectivity index (χ0n) is 16.1. The number of urea groups is 1. The number of rotatable bonds is 4. The maximum atomic E-state index is 12.7. The van der Waals surface area contributed by atoms with Gasteiger partial charge in [-0.25, -0.2) is 4.79 Å². The van der Waals surface area contributed by atoms with Crippen molar-refractivity contribution in [2.24, 2.45) is 11.7 Å². The van der Waals surface area contributed by atoms with Crippen LogP contribution in [0.2, 0.25) is 0 Å². The highest BCUT2D eigenvalue weighted by atomic mass is 16.2. The number of benzene rings is 1. The standard InChI is InChI=1S/C21H30N4O2/c1-21-10-8-18(9-11-21)25(21)20(27)23-13-15-4-6-17(7-5-15)24-12-2-3-16(14-24)19(22)26/h4-7,16,18H,2-3,8-14H2,1H3,(H2,22,26)(H,23,27). The number of nitrogens with one attached hydrogen (secondary N) is 1. The van der Waals surface area contributed by atoms with Gasteiger partial charge in [-0.2, -0.15) is 0 Å². The van der Waals surface area contributed by atoms with Gasteiger partial charge in [0.05, 0.1) is 5.92 Å². The fourth-order valence-corrected chi connectivity index (χ4v) is 5.11. The summed E-state index contributed by atoms with van der Waals surface area (Å²) in [5.74, 6) is -0.265. The van der Waals surface area contributed by atoms with E-state index < -0.39 is 0 Å². The van der Waals surface area contributed by atoms with Crippen molar-refractivity contribution >= 4 is 17.6 Å². The van der Waals surface area contributed by atoms with Crippen molar-refractivity contribution in [2.45, 2.75) is 63.6 Å². The molecule has 3 fully saturated rings. The van der Waals surface area contributed by atoms with Crippen LogP contribution in [0.5, 0.6) is 0 Å². The van der Waals surface area contributed by atoms with Gasteiger partial charge in [0.15, 0.2) is 0 Å². The van der Waals surface area contributed by atoms with Gasteiger partial charge in [-0.3, -0.25) is 4.79 Å². The van der Waals surface area contributed by atoms with E-state index in [1.165, 1.54) is 0 Å². The van der Waals surface area contributed by atoms with Crippen molar-refractivity contribution in [3.8, 4) is 0 Å². The lowest BCUT2D eigenvalue weighted by Gasteiger charge is -2.33. The van der Waals surface area contributed by atoms with Crippen molar-refractivity contribution in [2.75, 3.05) is 18.0 Å². The Hall–Kier alpha value is -2.24. The molecule has 0 aromatic heterocycles. The fraction of sp³-hybridized carbons (Fsp3) is 0.619. The van der Waals surface area contributed by atoms with Crippen molar-refractivity contribution in [1.29, 1.82) is 0 Å². The van der Waals surface area contributed by atoms with Gasteiger partial charge in [-0.1, -0.05) is 12.1 Å². The Kier molecular flexibility index (Phi) is 4.74. The van der Waals surface area contributed by atoms with Crippen molar-refractivity contribution in [3.05, 3.63) is 29.8 Å². The predicted octanol–water partition coefficient (Wildman–Crippen LogP) is 2.61. The third kappa shape index (κ3) is 3.49. The number of carbonyl (C=O) groups excluding carboxylic acids is 2. The maximum absolute atomic E-state index is 12.7. The van der Waals surface area contributed by atoms with E-state index >= 15 is 0 Å². The number of carbonyl (C=O) groups is 2. The van der Waals surface area contributed by atoms with E-state index in [0.717, 1.165) is 56.3 Å². The second-order valence-corrected chi connectivity index (χ2v) is 8.61. The molecular formula is C21H30N4O2. The number of anilines is 1. The van der Waals surface area contributed by atoms with Gasteiger partial charge in [0.1, 0.15) is 0 Å². The molecule has 1 unspecified atom stereocenters. The first-order valence-electron chi connectivity index (χ1n) is 10.2. The summed E-state index contributed by atoms with van der Waals surface area (Å²) in [6, 6.07) is 8.77. The van der Waals surface area contributed by atoms with Gasteiger partial charge < -0.3 is 20.9 Å². The highest BCUT2D eigenvalue weighted by Crippen LogP contribution is 2.45. The number of hydrogen-bond donors (Lipinski definition) is 2. The molecule has 3 saturated heterocycles. The van der Waals surface area contributed by atoms with E-state index in [2.05, 4.69) is 46.3 Å². The lowest BCUT2D eigenvalue weighted by Crippen LogP contribution is -2.48. The van der Waals surface area contributed by atoms with Crippen LogP contribution in [0, 0.1) is 5.92 Å². The van der Waals surface area contributed by atoms with Crippen molar-refractivity contribution in [3.63, 3.8) is 0 Å². The molecule has 0 aliphatic carbocycles. The van der Waals surface area contributed by atoms with E-state index in [-0.39, 0.29) is 23.4 Å². The van der Waals surface area contributed by atoms with Crippen molar-refractivity contribution in [1.82, 2.24) is 10.2 Å². The van der Waals surface area contributed by atoms with E-state index in [1.807, 2.05) is 0 Å². The quantitative estimate of drug-likeness (QED) is 0.855. The third-order valence-electron chi connectivity index (χ3n) is 6.77. The Morgan fingerprint density at radius 2 is 1.89 bits per heavy atom. The van der Waals surface area contributed by atoms with Gasteiger partial charge in [-0.05, 0) is 63.1 Å². The van der Waals surface area contributed by atoms with Crippen molar-refractivity contribution < 1.29 is 9.59 Å². The van der Waals surface area contributed by atoms with Crippen LogP contribution in [-0.4, -0.2) is 41.5 Å². The Labute approximate surface area is 161 Å². The first-order valence-corrected chi connectivity index (χ1v) is 10.2. The summed E-state index contributed by atoms with van der Waals surface area (Å²) in [5, 5.41) is 3.10. The number of nitrogens with two attached hydrogens (primary N) is 1. The number of hydrogen-bond acceptors (Lipinski definition) is 3. The summed E-state index contributed by atoms with van der Waals surface area (Å²) >= 11 is 0. The van der Waals surface area contributed by atoms with Gasteiger partial charge in [0.2, 0.25) is 5.91 Å². The largest absolute Gasteiger partial charge is 0.371 e. The highest BCUT2D eigenvalue weighted by molar-refractivity contribution is 5.78. The Morgan fingerprint density at radius 3 is 2.48 bits per heavy atom. The van der Waals surface area contributed by atoms with Gasteiger partial charge in [0, 0.05) is 36.9 Å². The number of primary amides is 1. The molecule has 3 heterocycles. The van der Waals surface area contributed by atoms with Crippen LogP contribution < -0.4 is 16.0 Å². The zero-order chi connectivity index (χ0) is 19.0. The number of piperidine rings is 1. The van der Waals surface area contributed by atoms with E-state index in [9.17, 15) is 9.59 Å². The van der Waals surface area contributed by atoms with Crippen LogP contribution >= 0.6 is 0 Å². The first kappa shape index (κ1) is 18.1. The van der Waals surface area contributed by atoms with Gasteiger partial charge in [-0.15, -0.1) is 0 Å². The smallest absolute Gasteiger partial charge is 0.318 e. The van der Waals surface area contributed by atoms with E-state index in [4.69, 9.17) is 5.73 Å². The minimum atomic E-state index is -0.205. The van der Waals surface area contributed by atoms with Crippen LogP contribution in [0.4, 0.5) is 10.5 Å². The molecule has 1 aromatic rings. The Balaban J connectivity index is 1.33. The molecule has 6 nitrogen and oxygen atoms in total. The molecule has 4 rings (SSSR count). The molecule has 27 heavy (non-hydrogen) atoms. The summed E-state index contributed by atoms with van der Waals surface area (Å²) in [6.45, 7) is 4.41. The van der Waals surface area contributed by atoms with E-state index in [0.29, 0.717) is 19.1 Å². The lowest BCUT2D eigenvalue weighted by atomic mass is 9.90. The van der Waals surface area contributed by atoms with Crippen LogP contribution in [-0.2, 0) is 11.3 Å². The zero-order valence-corrected chi connectivity index (χ0v) is 16.1. The SMILES string of the molecule is CC12CCC(CC1)N2C(=O)NCc1ccc(N2CCCC(C(N)=O)C2)cc1. The first-order chi connectivity index (χ1) is 13.0. The predicted molar refractivity (Wildman–Crippen MR) is 105 cm³/mol. The summed E-state index contributed by atoms with van der Waals surface area (Å²) in [4.78, 5) is 28.4. The molecule has 3 N–H and O–H groups in total. The minimum Gasteiger partial charge on any atom is -0.371 e. The number of fused-ring (bicyclic) bond motifs is 2. The lowest BCUT2D eigenvalue weighted by molar-refractivity contribution is -0.122. The molecule has 3 aliphatic heterocycles. The monoisotopic (exact) mass is 370 g/mol. The molecule has 0 saturated carbocycles. The molecule has 1 aromatic carbocycles. The average molecular weight is 370 g/mol. The minimum absolute atomic E-state index is 0.0594. The highest BCUT2D eigenvalue weighted by Gasteiger charge is 2.50. The maximum Gasteiger partial charge on any atom is 0.318 e. The topological polar surface area (TPSA) is 78.7 Å². The number of nitrogens with zero attached hydrogens (tertiary/aromatic N) is 2. The summed E-state index contributed by atoms with van der Waals surface area (Å²) in [5.41, 5.74) is 7.74. The molecule has 3 aliphatic rings. The molecule has 6 heteroatoms. The van der Waals surface area contributed by atoms with E-state index in [1.54, 1.807) is 0 Å². The molecule has 1 atom stereocenters.